The quantitative estimate of drug-likeness (QED) is 0.480. The summed E-state index contributed by atoms with van der Waals surface area (Å²) < 4.78 is 38.0. The number of hydrogen-bond acceptors (Lipinski definition) is 1. The molecule has 0 bridgehead atoms. The molecule has 0 radical (unpaired) electrons. The summed E-state index contributed by atoms with van der Waals surface area (Å²) in [6.45, 7) is 9.75. The van der Waals surface area contributed by atoms with Gasteiger partial charge in [-0.25, -0.2) is 0 Å². The molecule has 4 heteroatoms. The van der Waals surface area contributed by atoms with Crippen molar-refractivity contribution in [2.75, 3.05) is 0 Å². The Morgan fingerprint density at radius 2 is 1.70 bits per heavy atom. The van der Waals surface area contributed by atoms with Gasteiger partial charge in [0.2, 0.25) is 0 Å². The molecule has 0 atom stereocenters. The lowest BCUT2D eigenvalue weighted by molar-refractivity contribution is -0.0328. The van der Waals surface area contributed by atoms with E-state index in [2.05, 4.69) is 11.8 Å². The summed E-state index contributed by atoms with van der Waals surface area (Å²) in [6.07, 6.45) is 0. The Hall–Kier alpha value is -1.08. The van der Waals surface area contributed by atoms with Crippen LogP contribution in [0.3, 0.4) is 0 Å². The summed E-state index contributed by atoms with van der Waals surface area (Å²) in [4.78, 5) is 0.179. The summed E-state index contributed by atoms with van der Waals surface area (Å²) in [5.41, 5.74) is -3.18. The number of thioether (sulfide) groups is 1. The zero-order valence-corrected chi connectivity index (χ0v) is 13.2. The van der Waals surface area contributed by atoms with Crippen molar-refractivity contribution in [1.29, 1.82) is 0 Å². The molecule has 0 unspecified atom stereocenters. The van der Waals surface area contributed by atoms with Crippen LogP contribution in [0.5, 0.6) is 0 Å². The molecule has 0 saturated carbocycles. The van der Waals surface area contributed by atoms with Crippen LogP contribution < -0.4 is 0 Å². The molecule has 110 valence electrons. The molecule has 0 fully saturated rings. The first kappa shape index (κ1) is 17.0. The molecule has 0 heterocycles. The monoisotopic (exact) mass is 300 g/mol. The van der Waals surface area contributed by atoms with E-state index in [4.69, 9.17) is 0 Å². The van der Waals surface area contributed by atoms with Crippen molar-refractivity contribution in [3.8, 4) is 11.8 Å². The van der Waals surface area contributed by atoms with E-state index in [0.29, 0.717) is 5.56 Å². The largest absolute Gasteiger partial charge is 0.446 e. The van der Waals surface area contributed by atoms with Gasteiger partial charge in [-0.05, 0) is 34.9 Å². The van der Waals surface area contributed by atoms with Crippen molar-refractivity contribution in [1.82, 2.24) is 0 Å². The van der Waals surface area contributed by atoms with Crippen LogP contribution >= 0.6 is 11.8 Å². The molecule has 0 saturated heterocycles. The zero-order chi connectivity index (χ0) is 15.6. The smallest absolute Gasteiger partial charge is 0.160 e. The Labute approximate surface area is 123 Å². The van der Waals surface area contributed by atoms with Gasteiger partial charge in [0.25, 0.3) is 0 Å². The van der Waals surface area contributed by atoms with Gasteiger partial charge < -0.3 is 0 Å². The minimum atomic E-state index is -4.30. The lowest BCUT2D eigenvalue weighted by Crippen LogP contribution is -2.11. The third-order valence-electron chi connectivity index (χ3n) is 2.57. The third-order valence-corrected chi connectivity index (χ3v) is 3.36. The van der Waals surface area contributed by atoms with E-state index in [1.807, 2.05) is 40.7 Å². The number of hydrogen-bond donors (Lipinski definition) is 0. The molecule has 0 nitrogen and oxygen atoms in total. The highest BCUT2D eigenvalue weighted by molar-refractivity contribution is 8.00. The average Bonchev–Trinajstić information content (AvgIpc) is 2.23. The second-order valence-corrected chi connectivity index (χ2v) is 7.04. The molecular formula is C16H19F3S. The van der Waals surface area contributed by atoms with Crippen molar-refractivity contribution in [2.24, 2.45) is 5.92 Å². The molecule has 0 aliphatic rings. The van der Waals surface area contributed by atoms with Crippen molar-refractivity contribution >= 4 is 11.8 Å². The Bertz CT molecular complexity index is 525. The van der Waals surface area contributed by atoms with Gasteiger partial charge in [-0.15, -0.1) is 0 Å². The van der Waals surface area contributed by atoms with Crippen LogP contribution in [0.2, 0.25) is 0 Å². The molecule has 1 aromatic carbocycles. The molecule has 0 N–H and O–H groups in total. The van der Waals surface area contributed by atoms with Crippen molar-refractivity contribution < 1.29 is 13.2 Å². The van der Waals surface area contributed by atoms with E-state index in [1.165, 1.54) is 0 Å². The highest BCUT2D eigenvalue weighted by Crippen LogP contribution is 2.40. The van der Waals surface area contributed by atoms with E-state index in [0.717, 1.165) is 5.56 Å². The van der Waals surface area contributed by atoms with E-state index in [9.17, 15) is 13.2 Å². The average molecular weight is 300 g/mol. The topological polar surface area (TPSA) is 0 Å². The standard InChI is InChI=1S/C16H19F3S/c1-11(2)6-7-12-8-9-13(15(3,4)5)10-14(12)20-16(17,18)19/h8-11H,1-5H3. The van der Waals surface area contributed by atoms with Crippen LogP contribution in [0.15, 0.2) is 23.1 Å². The molecule has 1 rings (SSSR count). The molecule has 0 aliphatic carbocycles. The van der Waals surface area contributed by atoms with E-state index in [1.54, 1.807) is 12.1 Å². The lowest BCUT2D eigenvalue weighted by atomic mass is 9.86. The maximum absolute atomic E-state index is 12.7. The minimum Gasteiger partial charge on any atom is -0.160 e. The molecule has 20 heavy (non-hydrogen) atoms. The summed E-state index contributed by atoms with van der Waals surface area (Å²) >= 11 is -0.0932. The SMILES string of the molecule is CC(C)C#Cc1ccc(C(C)(C)C)cc1SC(F)(F)F. The Morgan fingerprint density at radius 1 is 1.10 bits per heavy atom. The molecule has 0 aromatic heterocycles. The van der Waals surface area contributed by atoms with Crippen molar-refractivity contribution in [3.63, 3.8) is 0 Å². The van der Waals surface area contributed by atoms with Gasteiger partial charge >= 0.3 is 5.51 Å². The van der Waals surface area contributed by atoms with E-state index in [-0.39, 0.29) is 28.0 Å². The summed E-state index contributed by atoms with van der Waals surface area (Å²) in [5, 5.41) is 0. The normalized spacial score (nSPS) is 12.2. The molecule has 0 aliphatic heterocycles. The van der Waals surface area contributed by atoms with Crippen molar-refractivity contribution in [3.05, 3.63) is 29.3 Å². The van der Waals surface area contributed by atoms with Gasteiger partial charge in [0.1, 0.15) is 0 Å². The molecule has 1 aromatic rings. The fourth-order valence-electron chi connectivity index (χ4n) is 1.52. The first-order valence-corrected chi connectivity index (χ1v) is 7.22. The van der Waals surface area contributed by atoms with Gasteiger partial charge in [-0.1, -0.05) is 52.5 Å². The van der Waals surface area contributed by atoms with Crippen LogP contribution in [-0.4, -0.2) is 5.51 Å². The van der Waals surface area contributed by atoms with Crippen molar-refractivity contribution in [2.45, 2.75) is 50.4 Å². The predicted molar refractivity (Wildman–Crippen MR) is 78.8 cm³/mol. The van der Waals surface area contributed by atoms with E-state index >= 15 is 0 Å². The number of benzene rings is 1. The van der Waals surface area contributed by atoms with Gasteiger partial charge in [0.05, 0.1) is 0 Å². The minimum absolute atomic E-state index is 0.0932. The first-order chi connectivity index (χ1) is 8.99. The fraction of sp³-hybridized carbons (Fsp3) is 0.500. The zero-order valence-electron chi connectivity index (χ0n) is 12.4. The van der Waals surface area contributed by atoms with Gasteiger partial charge in [0.15, 0.2) is 0 Å². The predicted octanol–water partition coefficient (Wildman–Crippen LogP) is 5.60. The highest BCUT2D eigenvalue weighted by atomic mass is 32.2. The van der Waals surface area contributed by atoms with Gasteiger partial charge in [-0.2, -0.15) is 13.2 Å². The maximum atomic E-state index is 12.7. The van der Waals surface area contributed by atoms with Crippen LogP contribution in [0, 0.1) is 17.8 Å². The van der Waals surface area contributed by atoms with Gasteiger partial charge in [0, 0.05) is 16.4 Å². The van der Waals surface area contributed by atoms with E-state index < -0.39 is 5.51 Å². The number of alkyl halides is 3. The third kappa shape index (κ3) is 5.50. The summed E-state index contributed by atoms with van der Waals surface area (Å²) in [5.74, 6) is 5.88. The first-order valence-electron chi connectivity index (χ1n) is 6.41. The highest BCUT2D eigenvalue weighted by Gasteiger charge is 2.31. The van der Waals surface area contributed by atoms with Gasteiger partial charge in [-0.3, -0.25) is 0 Å². The Morgan fingerprint density at radius 3 is 2.15 bits per heavy atom. The molecular weight excluding hydrogens is 281 g/mol. The Balaban J connectivity index is 3.28. The number of rotatable bonds is 1. The van der Waals surface area contributed by atoms with Crippen LogP contribution in [0.25, 0.3) is 0 Å². The van der Waals surface area contributed by atoms with Crippen LogP contribution in [0.1, 0.15) is 45.7 Å². The second-order valence-electron chi connectivity index (χ2n) is 5.93. The van der Waals surface area contributed by atoms with Crippen LogP contribution in [0.4, 0.5) is 13.2 Å². The Kier molecular flexibility index (Phi) is 5.21. The number of halogens is 3. The van der Waals surface area contributed by atoms with Crippen LogP contribution in [-0.2, 0) is 5.41 Å². The maximum Gasteiger partial charge on any atom is 0.446 e. The molecule has 0 spiro atoms. The summed E-state index contributed by atoms with van der Waals surface area (Å²) in [7, 11) is 0. The summed E-state index contributed by atoms with van der Waals surface area (Å²) in [6, 6.07) is 5.14. The fourth-order valence-corrected chi connectivity index (χ4v) is 2.19. The lowest BCUT2D eigenvalue weighted by Gasteiger charge is -2.20. The molecule has 0 amide bonds. The second kappa shape index (κ2) is 6.13.